The second kappa shape index (κ2) is 9.66. The van der Waals surface area contributed by atoms with Gasteiger partial charge in [0.1, 0.15) is 0 Å². The Morgan fingerprint density at radius 2 is 1.94 bits per heavy atom. The topological polar surface area (TPSA) is 107 Å². The van der Waals surface area contributed by atoms with Crippen molar-refractivity contribution in [2.75, 3.05) is 19.5 Å². The maximum Gasteiger partial charge on any atom is 0.252 e. The lowest BCUT2D eigenvalue weighted by molar-refractivity contribution is 0.100. The second-order valence-corrected chi connectivity index (χ2v) is 7.44. The largest absolute Gasteiger partial charge is 0.493 e. The summed E-state index contributed by atoms with van der Waals surface area (Å²) in [6.45, 7) is 3.87. The molecule has 7 heteroatoms. The number of pyridine rings is 1. The third-order valence-corrected chi connectivity index (χ3v) is 5.36. The molecule has 0 fully saturated rings. The van der Waals surface area contributed by atoms with E-state index in [1.54, 1.807) is 33.3 Å². The van der Waals surface area contributed by atoms with Gasteiger partial charge in [0.15, 0.2) is 11.5 Å². The quantitative estimate of drug-likeness (QED) is 0.481. The van der Waals surface area contributed by atoms with Gasteiger partial charge in [0.05, 0.1) is 37.1 Å². The lowest BCUT2D eigenvalue weighted by Gasteiger charge is -2.19. The van der Waals surface area contributed by atoms with E-state index in [4.69, 9.17) is 15.2 Å². The van der Waals surface area contributed by atoms with E-state index in [2.05, 4.69) is 23.3 Å². The van der Waals surface area contributed by atoms with Gasteiger partial charge in [-0.1, -0.05) is 19.1 Å². The van der Waals surface area contributed by atoms with Crippen molar-refractivity contribution in [2.45, 2.75) is 39.2 Å². The summed E-state index contributed by atoms with van der Waals surface area (Å²) in [5, 5.41) is 13.8. The van der Waals surface area contributed by atoms with Gasteiger partial charge in [0.25, 0.3) is 5.91 Å². The van der Waals surface area contributed by atoms with Crippen molar-refractivity contribution >= 4 is 28.2 Å². The molecule has 0 bridgehead atoms. The molecular formula is C24H29N3O4. The lowest BCUT2D eigenvalue weighted by Crippen LogP contribution is -2.15. The number of benzene rings is 2. The first-order chi connectivity index (χ1) is 14.9. The molecular weight excluding hydrogens is 394 g/mol. The molecule has 3 rings (SSSR count). The van der Waals surface area contributed by atoms with Crippen molar-refractivity contribution in [3.63, 3.8) is 0 Å². The Morgan fingerprint density at radius 3 is 2.55 bits per heavy atom. The third-order valence-electron chi connectivity index (χ3n) is 5.36. The zero-order valence-corrected chi connectivity index (χ0v) is 18.4. The number of nitrogens with one attached hydrogen (secondary N) is 1. The predicted octanol–water partition coefficient (Wildman–Crippen LogP) is 3.97. The molecule has 0 spiro atoms. The van der Waals surface area contributed by atoms with Crippen LogP contribution in [0.4, 0.5) is 11.4 Å². The SMILES string of the molecule is CCc1c(CCC(C)O)cccc1Nc1c(C(N)=O)cnc2cc(OC)c(OC)cc12. The van der Waals surface area contributed by atoms with E-state index in [9.17, 15) is 9.90 Å². The zero-order chi connectivity index (χ0) is 22.5. The lowest BCUT2D eigenvalue weighted by atomic mass is 9.97. The number of aryl methyl sites for hydroxylation is 1. The van der Waals surface area contributed by atoms with Gasteiger partial charge in [-0.15, -0.1) is 0 Å². The third kappa shape index (κ3) is 4.72. The number of nitrogens with two attached hydrogens (primary N) is 1. The number of anilines is 2. The van der Waals surface area contributed by atoms with Crippen LogP contribution in [0.5, 0.6) is 11.5 Å². The van der Waals surface area contributed by atoms with E-state index < -0.39 is 5.91 Å². The molecule has 2 aromatic carbocycles. The van der Waals surface area contributed by atoms with Crippen LogP contribution in [0.15, 0.2) is 36.5 Å². The molecule has 3 aromatic rings. The van der Waals surface area contributed by atoms with E-state index in [1.165, 1.54) is 6.20 Å². The number of carbonyl (C=O) groups excluding carboxylic acids is 1. The van der Waals surface area contributed by atoms with Gasteiger partial charge in [0.2, 0.25) is 0 Å². The number of nitrogens with zero attached hydrogens (tertiary/aromatic N) is 1. The minimum Gasteiger partial charge on any atom is -0.493 e. The van der Waals surface area contributed by atoms with Crippen LogP contribution < -0.4 is 20.5 Å². The summed E-state index contributed by atoms with van der Waals surface area (Å²) < 4.78 is 10.8. The smallest absolute Gasteiger partial charge is 0.252 e. The van der Waals surface area contributed by atoms with Crippen LogP contribution in [0.3, 0.4) is 0 Å². The normalized spacial score (nSPS) is 11.9. The molecule has 0 saturated carbocycles. The number of rotatable bonds is 9. The second-order valence-electron chi connectivity index (χ2n) is 7.44. The maximum absolute atomic E-state index is 12.2. The summed E-state index contributed by atoms with van der Waals surface area (Å²) in [5.41, 5.74) is 10.3. The average Bonchev–Trinajstić information content (AvgIpc) is 2.76. The highest BCUT2D eigenvalue weighted by atomic mass is 16.5. The number of fused-ring (bicyclic) bond motifs is 1. The van der Waals surface area contributed by atoms with Crippen LogP contribution in [0, 0.1) is 0 Å². The minimum atomic E-state index is -0.574. The average molecular weight is 424 g/mol. The summed E-state index contributed by atoms with van der Waals surface area (Å²) in [5.74, 6) is 0.507. The number of aliphatic hydroxyl groups excluding tert-OH is 1. The van der Waals surface area contributed by atoms with Gasteiger partial charge in [0, 0.05) is 23.3 Å². The van der Waals surface area contributed by atoms with Gasteiger partial charge in [-0.2, -0.15) is 0 Å². The highest BCUT2D eigenvalue weighted by molar-refractivity contribution is 6.08. The van der Waals surface area contributed by atoms with Gasteiger partial charge in [-0.25, -0.2) is 0 Å². The first-order valence-electron chi connectivity index (χ1n) is 10.3. The van der Waals surface area contributed by atoms with E-state index in [0.717, 1.165) is 29.7 Å². The molecule has 0 radical (unpaired) electrons. The standard InChI is InChI=1S/C24H29N3O4/c1-5-16-15(10-9-14(2)28)7-6-8-19(16)27-23-17-11-21(30-3)22(31-4)12-20(17)26-13-18(23)24(25)29/h6-8,11-14,28H,5,9-10H2,1-4H3,(H2,25,29)(H,26,27). The molecule has 0 aliphatic heterocycles. The van der Waals surface area contributed by atoms with E-state index in [-0.39, 0.29) is 11.7 Å². The molecule has 4 N–H and O–H groups in total. The van der Waals surface area contributed by atoms with Crippen LogP contribution in [0.2, 0.25) is 0 Å². The first-order valence-corrected chi connectivity index (χ1v) is 10.3. The minimum absolute atomic E-state index is 0.288. The van der Waals surface area contributed by atoms with Crippen molar-refractivity contribution in [3.05, 3.63) is 53.2 Å². The summed E-state index contributed by atoms with van der Waals surface area (Å²) in [7, 11) is 3.12. The van der Waals surface area contributed by atoms with Crippen molar-refractivity contribution in [1.82, 2.24) is 4.98 Å². The fourth-order valence-electron chi connectivity index (χ4n) is 3.74. The number of hydrogen-bond acceptors (Lipinski definition) is 6. The molecule has 0 aliphatic carbocycles. The summed E-state index contributed by atoms with van der Waals surface area (Å²) in [6, 6.07) is 9.57. The van der Waals surface area contributed by atoms with Crippen LogP contribution in [-0.4, -0.2) is 36.3 Å². The molecule has 1 heterocycles. The predicted molar refractivity (Wildman–Crippen MR) is 122 cm³/mol. The first kappa shape index (κ1) is 22.4. The van der Waals surface area contributed by atoms with E-state index >= 15 is 0 Å². The number of carbonyl (C=O) groups is 1. The molecule has 0 aliphatic rings. The van der Waals surface area contributed by atoms with Gasteiger partial charge < -0.3 is 25.6 Å². The Kier molecular flexibility index (Phi) is 6.97. The Bertz CT molecular complexity index is 1100. The van der Waals surface area contributed by atoms with Crippen LogP contribution in [0.25, 0.3) is 10.9 Å². The number of primary amides is 1. The van der Waals surface area contributed by atoms with E-state index in [0.29, 0.717) is 34.5 Å². The molecule has 7 nitrogen and oxygen atoms in total. The molecule has 1 aromatic heterocycles. The molecule has 0 saturated heterocycles. The fourth-order valence-corrected chi connectivity index (χ4v) is 3.74. The van der Waals surface area contributed by atoms with Gasteiger partial charge >= 0.3 is 0 Å². The Labute approximate surface area is 182 Å². The number of hydrogen-bond donors (Lipinski definition) is 3. The van der Waals surface area contributed by atoms with Crippen LogP contribution in [-0.2, 0) is 12.8 Å². The monoisotopic (exact) mass is 423 g/mol. The number of aromatic nitrogens is 1. The molecule has 31 heavy (non-hydrogen) atoms. The molecule has 1 unspecified atom stereocenters. The molecule has 1 atom stereocenters. The van der Waals surface area contributed by atoms with Crippen LogP contribution >= 0.6 is 0 Å². The Hall–Kier alpha value is -3.32. The number of ether oxygens (including phenoxy) is 2. The number of methoxy groups -OCH3 is 2. The van der Waals surface area contributed by atoms with Crippen molar-refractivity contribution in [1.29, 1.82) is 0 Å². The molecule has 1 amide bonds. The summed E-state index contributed by atoms with van der Waals surface area (Å²) in [6.07, 6.45) is 3.35. The zero-order valence-electron chi connectivity index (χ0n) is 18.4. The summed E-state index contributed by atoms with van der Waals surface area (Å²) >= 11 is 0. The van der Waals surface area contributed by atoms with Crippen LogP contribution in [0.1, 0.15) is 41.8 Å². The van der Waals surface area contributed by atoms with Crippen molar-refractivity contribution in [3.8, 4) is 11.5 Å². The number of amides is 1. The van der Waals surface area contributed by atoms with Crippen molar-refractivity contribution in [2.24, 2.45) is 5.73 Å². The highest BCUT2D eigenvalue weighted by Gasteiger charge is 2.18. The fraction of sp³-hybridized carbons (Fsp3) is 0.333. The van der Waals surface area contributed by atoms with Gasteiger partial charge in [-0.05, 0) is 49.4 Å². The summed E-state index contributed by atoms with van der Waals surface area (Å²) in [4.78, 5) is 16.6. The maximum atomic E-state index is 12.2. The Balaban J connectivity index is 2.17. The van der Waals surface area contributed by atoms with Crippen molar-refractivity contribution < 1.29 is 19.4 Å². The Morgan fingerprint density at radius 1 is 1.23 bits per heavy atom. The van der Waals surface area contributed by atoms with Gasteiger partial charge in [-0.3, -0.25) is 9.78 Å². The van der Waals surface area contributed by atoms with E-state index in [1.807, 2.05) is 12.1 Å². The highest BCUT2D eigenvalue weighted by Crippen LogP contribution is 2.38. The number of aliphatic hydroxyl groups is 1. The molecule has 164 valence electrons.